The third-order valence-electron chi connectivity index (χ3n) is 10.00. The Morgan fingerprint density at radius 2 is 1.91 bits per heavy atom. The first kappa shape index (κ1) is 30.6. The first-order chi connectivity index (χ1) is 21.0. The van der Waals surface area contributed by atoms with Crippen molar-refractivity contribution in [1.29, 1.82) is 5.26 Å². The minimum absolute atomic E-state index is 0.0289. The summed E-state index contributed by atoms with van der Waals surface area (Å²) in [4.78, 5) is 29.3. The number of carbonyl (C=O) groups is 1. The largest absolute Gasteiger partial charge is 0.462 e. The Morgan fingerprint density at radius 3 is 2.64 bits per heavy atom. The lowest BCUT2D eigenvalue weighted by Crippen LogP contribution is -2.56. The number of likely N-dealkylation sites (tertiary alicyclic amines) is 1. The molecule has 2 fully saturated rings. The first-order valence-electron chi connectivity index (χ1n) is 16.1. The number of nitrogens with zero attached hydrogens (tertiary/aromatic N) is 6. The molecule has 236 valence electrons. The van der Waals surface area contributed by atoms with Crippen molar-refractivity contribution in [2.45, 2.75) is 96.2 Å². The molecule has 3 atom stereocenters. The van der Waals surface area contributed by atoms with E-state index in [0.717, 1.165) is 86.1 Å². The second-order valence-corrected chi connectivity index (χ2v) is 14.2. The van der Waals surface area contributed by atoms with Crippen LogP contribution in [0.1, 0.15) is 75.3 Å². The van der Waals surface area contributed by atoms with Gasteiger partial charge in [-0.1, -0.05) is 12.1 Å². The highest BCUT2D eigenvalue weighted by Crippen LogP contribution is 2.47. The van der Waals surface area contributed by atoms with Crippen molar-refractivity contribution in [2.24, 2.45) is 5.41 Å². The Balaban J connectivity index is 1.29. The molecule has 1 amide bonds. The predicted octanol–water partition coefficient (Wildman–Crippen LogP) is 5.09. The summed E-state index contributed by atoms with van der Waals surface area (Å²) in [6.07, 6.45) is 7.21. The van der Waals surface area contributed by atoms with Crippen molar-refractivity contribution < 1.29 is 18.7 Å². The molecule has 0 saturated carbocycles. The number of fused-ring (bicyclic) bond motifs is 2. The molecule has 2 aliphatic heterocycles. The van der Waals surface area contributed by atoms with Crippen LogP contribution in [-0.4, -0.2) is 83.4 Å². The van der Waals surface area contributed by atoms with Crippen LogP contribution in [0.3, 0.4) is 0 Å². The number of aromatic nitrogens is 2. The van der Waals surface area contributed by atoms with Crippen LogP contribution in [0.5, 0.6) is 6.01 Å². The average Bonchev–Trinajstić information content (AvgIpc) is 3.39. The minimum atomic E-state index is -0.613. The number of piperazine rings is 1. The van der Waals surface area contributed by atoms with Gasteiger partial charge in [-0.3, -0.25) is 0 Å². The Hall–Kier alpha value is -3.45. The number of nitriles is 1. The third-order valence-corrected chi connectivity index (χ3v) is 10.00. The normalized spacial score (nSPS) is 25.4. The zero-order valence-electron chi connectivity index (χ0n) is 26.6. The van der Waals surface area contributed by atoms with Gasteiger partial charge in [0.05, 0.1) is 24.2 Å². The molecule has 9 nitrogen and oxygen atoms in total. The van der Waals surface area contributed by atoms with E-state index in [0.29, 0.717) is 38.3 Å². The maximum atomic E-state index is 14.6. The van der Waals surface area contributed by atoms with E-state index >= 15 is 0 Å². The first-order valence-corrected chi connectivity index (χ1v) is 16.1. The van der Waals surface area contributed by atoms with E-state index in [4.69, 9.17) is 19.4 Å². The van der Waals surface area contributed by atoms with Crippen molar-refractivity contribution in [3.05, 3.63) is 46.4 Å². The highest BCUT2D eigenvalue weighted by molar-refractivity contribution is 5.69. The molecule has 2 aliphatic carbocycles. The second kappa shape index (κ2) is 12.2. The number of amides is 1. The maximum Gasteiger partial charge on any atom is 0.410 e. The van der Waals surface area contributed by atoms with Gasteiger partial charge in [-0.25, -0.2) is 9.18 Å². The molecule has 3 heterocycles. The van der Waals surface area contributed by atoms with Crippen LogP contribution in [-0.2, 0) is 30.4 Å². The van der Waals surface area contributed by atoms with E-state index in [1.165, 1.54) is 0 Å². The number of hydrogen-bond acceptors (Lipinski definition) is 8. The fraction of sp³-hybridized carbons (Fsp3) is 0.647. The number of benzene rings is 1. The number of rotatable bonds is 5. The van der Waals surface area contributed by atoms with Gasteiger partial charge in [0, 0.05) is 31.2 Å². The number of hydrogen-bond donors (Lipinski definition) is 0. The van der Waals surface area contributed by atoms with Crippen LogP contribution < -0.4 is 9.64 Å². The van der Waals surface area contributed by atoms with E-state index in [1.54, 1.807) is 11.0 Å². The molecule has 10 heteroatoms. The number of carbonyl (C=O) groups excluding carboxylic acids is 1. The van der Waals surface area contributed by atoms with Crippen LogP contribution in [0.2, 0.25) is 0 Å². The lowest BCUT2D eigenvalue weighted by atomic mass is 9.63. The van der Waals surface area contributed by atoms with Crippen molar-refractivity contribution in [3.8, 4) is 12.1 Å². The molecule has 2 aromatic rings. The van der Waals surface area contributed by atoms with Crippen LogP contribution in [0, 0.1) is 22.6 Å². The summed E-state index contributed by atoms with van der Waals surface area (Å²) >= 11 is 0. The Bertz CT molecular complexity index is 1440. The molecule has 0 bridgehead atoms. The van der Waals surface area contributed by atoms with Crippen LogP contribution in [0.15, 0.2) is 18.2 Å². The number of likely N-dealkylation sites (N-methyl/N-ethyl adjacent to an activating group) is 1. The van der Waals surface area contributed by atoms with E-state index in [2.05, 4.69) is 29.0 Å². The Labute approximate surface area is 260 Å². The lowest BCUT2D eigenvalue weighted by Gasteiger charge is -2.44. The van der Waals surface area contributed by atoms with Crippen LogP contribution in [0.25, 0.3) is 0 Å². The number of anilines is 1. The summed E-state index contributed by atoms with van der Waals surface area (Å²) in [5.41, 5.74) is 3.55. The molecule has 1 spiro atoms. The Kier molecular flexibility index (Phi) is 8.44. The van der Waals surface area contributed by atoms with Crippen molar-refractivity contribution >= 4 is 11.9 Å². The third kappa shape index (κ3) is 6.35. The molecule has 2 saturated heterocycles. The highest BCUT2D eigenvalue weighted by atomic mass is 19.1. The average molecular weight is 605 g/mol. The molecule has 1 aromatic carbocycles. The van der Waals surface area contributed by atoms with Crippen LogP contribution >= 0.6 is 0 Å². The summed E-state index contributed by atoms with van der Waals surface area (Å²) in [7, 11) is 2.13. The fourth-order valence-corrected chi connectivity index (χ4v) is 7.60. The van der Waals surface area contributed by atoms with Gasteiger partial charge in [0.15, 0.2) is 0 Å². The molecule has 0 unspecified atom stereocenters. The van der Waals surface area contributed by atoms with Gasteiger partial charge in [-0.05, 0) is 108 Å². The van der Waals surface area contributed by atoms with Gasteiger partial charge < -0.3 is 24.2 Å². The molecule has 4 aliphatic rings. The molecule has 0 radical (unpaired) electrons. The van der Waals surface area contributed by atoms with Gasteiger partial charge >= 0.3 is 12.1 Å². The summed E-state index contributed by atoms with van der Waals surface area (Å²) in [5, 5.41) is 9.65. The van der Waals surface area contributed by atoms with E-state index in [9.17, 15) is 14.4 Å². The standard InChI is InChI=1S/C34H45FN6O3/c1-33(2,3)44-32(42)41-18-17-40(21-24(41)12-15-36)30-27-11-14-34(13-10-26-23(19-34)7-5-9-28(26)35)20-29(27)37-31(38-30)43-22-25-8-6-16-39(25)4/h5,7,9,24-25H,6,8,10-14,16-22H2,1-4H3/t24-,25-,34+/m0/s1. The van der Waals surface area contributed by atoms with Gasteiger partial charge in [0.25, 0.3) is 0 Å². The zero-order valence-corrected chi connectivity index (χ0v) is 26.6. The number of ether oxygens (including phenoxy) is 2. The highest BCUT2D eigenvalue weighted by Gasteiger charge is 2.42. The molecule has 0 N–H and O–H groups in total. The van der Waals surface area contributed by atoms with Crippen molar-refractivity contribution in [3.63, 3.8) is 0 Å². The maximum absolute atomic E-state index is 14.6. The summed E-state index contributed by atoms with van der Waals surface area (Å²) in [6, 6.07) is 8.16. The van der Waals surface area contributed by atoms with Gasteiger partial charge in [-0.15, -0.1) is 0 Å². The topological polar surface area (TPSA) is 94.8 Å². The fourth-order valence-electron chi connectivity index (χ4n) is 7.60. The summed E-state index contributed by atoms with van der Waals surface area (Å²) in [6.45, 7) is 8.67. The molecular formula is C34H45FN6O3. The Morgan fingerprint density at radius 1 is 1.11 bits per heavy atom. The smallest absolute Gasteiger partial charge is 0.410 e. The summed E-state index contributed by atoms with van der Waals surface area (Å²) < 4.78 is 26.6. The van der Waals surface area contributed by atoms with Crippen molar-refractivity contribution in [1.82, 2.24) is 19.8 Å². The quantitative estimate of drug-likeness (QED) is 0.466. The molecule has 1 aromatic heterocycles. The van der Waals surface area contributed by atoms with Gasteiger partial charge in [0.1, 0.15) is 23.8 Å². The lowest BCUT2D eigenvalue weighted by molar-refractivity contribution is 0.0144. The minimum Gasteiger partial charge on any atom is -0.462 e. The van der Waals surface area contributed by atoms with Crippen LogP contribution in [0.4, 0.5) is 15.0 Å². The SMILES string of the molecule is CN1CCC[C@H]1COc1nc2c(c(N3CCN(C(=O)OC(C)(C)C)[C@@H](CC#N)C3)n1)CC[C@@]1(CCc3c(F)cccc3C1)C2. The molecular weight excluding hydrogens is 559 g/mol. The second-order valence-electron chi connectivity index (χ2n) is 14.2. The molecule has 44 heavy (non-hydrogen) atoms. The van der Waals surface area contributed by atoms with Gasteiger partial charge in [0.2, 0.25) is 0 Å². The monoisotopic (exact) mass is 604 g/mol. The van der Waals surface area contributed by atoms with Gasteiger partial charge in [-0.2, -0.15) is 15.2 Å². The molecule has 6 rings (SSSR count). The van der Waals surface area contributed by atoms with E-state index in [1.807, 2.05) is 26.8 Å². The summed E-state index contributed by atoms with van der Waals surface area (Å²) in [5.74, 6) is 0.761. The van der Waals surface area contributed by atoms with Crippen molar-refractivity contribution in [2.75, 3.05) is 44.7 Å². The number of halogens is 1. The zero-order chi connectivity index (χ0) is 31.1. The predicted molar refractivity (Wildman–Crippen MR) is 165 cm³/mol. The van der Waals surface area contributed by atoms with E-state index in [-0.39, 0.29) is 29.8 Å². The van der Waals surface area contributed by atoms with E-state index < -0.39 is 5.60 Å².